The molecule has 0 bridgehead atoms. The maximum Gasteiger partial charge on any atom is 0.339 e. The highest BCUT2D eigenvalue weighted by Crippen LogP contribution is 2.21. The first kappa shape index (κ1) is 14.2. The van der Waals surface area contributed by atoms with E-state index >= 15 is 0 Å². The summed E-state index contributed by atoms with van der Waals surface area (Å²) < 4.78 is 5.23. The molecule has 0 atom stereocenters. The third-order valence-electron chi connectivity index (χ3n) is 2.31. The van der Waals surface area contributed by atoms with Crippen molar-refractivity contribution in [1.82, 2.24) is 0 Å². The maximum atomic E-state index is 12.0. The summed E-state index contributed by atoms with van der Waals surface area (Å²) in [4.78, 5) is 23.2. The number of aryl methyl sites for hydroxylation is 2. The molecule has 0 aromatic heterocycles. The monoisotopic (exact) mass is 250 g/mol. The van der Waals surface area contributed by atoms with Gasteiger partial charge in [0, 0.05) is 0 Å². The summed E-state index contributed by atoms with van der Waals surface area (Å²) in [7, 11) is 0. The van der Waals surface area contributed by atoms with Crippen LogP contribution in [0.2, 0.25) is 0 Å². The van der Waals surface area contributed by atoms with Crippen LogP contribution in [0.3, 0.4) is 0 Å². The zero-order chi connectivity index (χ0) is 14.1. The minimum atomic E-state index is -1.12. The highest BCUT2D eigenvalue weighted by atomic mass is 16.6. The molecule has 1 aromatic carbocycles. The molecule has 0 unspecified atom stereocenters. The zero-order valence-electron chi connectivity index (χ0n) is 11.3. The van der Waals surface area contributed by atoms with Gasteiger partial charge in [-0.25, -0.2) is 9.59 Å². The van der Waals surface area contributed by atoms with Gasteiger partial charge in [0.25, 0.3) is 0 Å². The number of carboxylic acid groups (broad SMARTS) is 1. The molecule has 98 valence electrons. The van der Waals surface area contributed by atoms with E-state index in [4.69, 9.17) is 9.84 Å². The highest BCUT2D eigenvalue weighted by molar-refractivity contribution is 6.03. The number of rotatable bonds is 2. The van der Waals surface area contributed by atoms with Crippen LogP contribution in [-0.4, -0.2) is 22.6 Å². The van der Waals surface area contributed by atoms with Crippen molar-refractivity contribution in [3.8, 4) is 0 Å². The molecule has 18 heavy (non-hydrogen) atoms. The van der Waals surface area contributed by atoms with Gasteiger partial charge in [-0.2, -0.15) is 0 Å². The van der Waals surface area contributed by atoms with Crippen LogP contribution in [0.5, 0.6) is 0 Å². The zero-order valence-corrected chi connectivity index (χ0v) is 11.3. The lowest BCUT2D eigenvalue weighted by Gasteiger charge is -2.21. The van der Waals surface area contributed by atoms with E-state index in [-0.39, 0.29) is 11.1 Å². The van der Waals surface area contributed by atoms with E-state index in [1.807, 2.05) is 0 Å². The second kappa shape index (κ2) is 4.80. The van der Waals surface area contributed by atoms with Crippen LogP contribution in [-0.2, 0) is 4.74 Å². The molecule has 0 amide bonds. The number of hydrogen-bond donors (Lipinski definition) is 1. The van der Waals surface area contributed by atoms with Gasteiger partial charge in [0.2, 0.25) is 0 Å². The Hall–Kier alpha value is -1.84. The molecular weight excluding hydrogens is 232 g/mol. The third kappa shape index (κ3) is 3.32. The van der Waals surface area contributed by atoms with Crippen molar-refractivity contribution in [3.05, 3.63) is 34.4 Å². The van der Waals surface area contributed by atoms with Gasteiger partial charge in [0.1, 0.15) is 5.60 Å². The maximum absolute atomic E-state index is 12.0. The lowest BCUT2D eigenvalue weighted by Crippen LogP contribution is -2.25. The fourth-order valence-electron chi connectivity index (χ4n) is 1.74. The number of benzene rings is 1. The van der Waals surface area contributed by atoms with Crippen LogP contribution in [0.25, 0.3) is 0 Å². The predicted octanol–water partition coefficient (Wildman–Crippen LogP) is 2.96. The van der Waals surface area contributed by atoms with E-state index in [0.717, 1.165) is 5.56 Å². The van der Waals surface area contributed by atoms with E-state index in [9.17, 15) is 9.59 Å². The lowest BCUT2D eigenvalue weighted by atomic mass is 9.98. The molecule has 4 heteroatoms. The summed E-state index contributed by atoms with van der Waals surface area (Å²) in [5.74, 6) is -1.72. The van der Waals surface area contributed by atoms with Crippen molar-refractivity contribution in [2.75, 3.05) is 0 Å². The lowest BCUT2D eigenvalue weighted by molar-refractivity contribution is 0.00650. The molecule has 0 heterocycles. The van der Waals surface area contributed by atoms with Crippen LogP contribution in [0, 0.1) is 13.8 Å². The van der Waals surface area contributed by atoms with Crippen LogP contribution in [0.1, 0.15) is 52.6 Å². The molecule has 1 aromatic rings. The van der Waals surface area contributed by atoms with Crippen molar-refractivity contribution >= 4 is 11.9 Å². The molecule has 0 radical (unpaired) electrons. The first-order valence-corrected chi connectivity index (χ1v) is 5.69. The number of aromatic carboxylic acids is 1. The number of esters is 1. The molecule has 0 aliphatic heterocycles. The fourth-order valence-corrected chi connectivity index (χ4v) is 1.74. The van der Waals surface area contributed by atoms with Gasteiger partial charge in [-0.05, 0) is 51.8 Å². The molecule has 4 nitrogen and oxygen atoms in total. The summed E-state index contributed by atoms with van der Waals surface area (Å²) >= 11 is 0. The minimum absolute atomic E-state index is 0.0123. The van der Waals surface area contributed by atoms with Crippen LogP contribution in [0.4, 0.5) is 0 Å². The quantitative estimate of drug-likeness (QED) is 0.819. The molecule has 0 saturated heterocycles. The molecule has 1 N–H and O–H groups in total. The number of carbonyl (C=O) groups is 2. The van der Waals surface area contributed by atoms with E-state index in [0.29, 0.717) is 5.56 Å². The number of hydrogen-bond acceptors (Lipinski definition) is 3. The number of ether oxygens (including phenoxy) is 1. The average Bonchev–Trinajstić information content (AvgIpc) is 2.12. The smallest absolute Gasteiger partial charge is 0.339 e. The molecule has 0 aliphatic carbocycles. The molecule has 0 fully saturated rings. The van der Waals surface area contributed by atoms with Crippen LogP contribution < -0.4 is 0 Å². The summed E-state index contributed by atoms with van der Waals surface area (Å²) in [5.41, 5.74) is 0.883. The van der Waals surface area contributed by atoms with E-state index in [1.165, 1.54) is 6.07 Å². The number of carbonyl (C=O) groups excluding carboxylic acids is 1. The van der Waals surface area contributed by atoms with Crippen molar-refractivity contribution in [1.29, 1.82) is 0 Å². The Labute approximate surface area is 107 Å². The first-order valence-electron chi connectivity index (χ1n) is 5.69. The molecule has 0 spiro atoms. The Morgan fingerprint density at radius 1 is 1.17 bits per heavy atom. The fraction of sp³-hybridized carbons (Fsp3) is 0.429. The minimum Gasteiger partial charge on any atom is -0.478 e. The van der Waals surface area contributed by atoms with Crippen LogP contribution in [0.15, 0.2) is 12.1 Å². The molecule has 0 aliphatic rings. The number of carboxylic acids is 1. The van der Waals surface area contributed by atoms with Gasteiger partial charge in [0.15, 0.2) is 0 Å². The summed E-state index contributed by atoms with van der Waals surface area (Å²) in [6.07, 6.45) is 0. The SMILES string of the molecule is Cc1cc(C)c(C(=O)OC(C)(C)C)c(C(=O)O)c1. The van der Waals surface area contributed by atoms with E-state index in [2.05, 4.69) is 0 Å². The summed E-state index contributed by atoms with van der Waals surface area (Å²) in [5, 5.41) is 9.15. The van der Waals surface area contributed by atoms with Gasteiger partial charge >= 0.3 is 11.9 Å². The van der Waals surface area contributed by atoms with Gasteiger partial charge in [-0.1, -0.05) is 6.07 Å². The van der Waals surface area contributed by atoms with Crippen molar-refractivity contribution in [2.45, 2.75) is 40.2 Å². The standard InChI is InChI=1S/C14H18O4/c1-8-6-9(2)11(10(7-8)12(15)16)13(17)18-14(3,4)5/h6-7H,1-5H3,(H,15,16). The molecular formula is C14H18O4. The van der Waals surface area contributed by atoms with Gasteiger partial charge in [-0.15, -0.1) is 0 Å². The Morgan fingerprint density at radius 2 is 1.72 bits per heavy atom. The molecule has 0 saturated carbocycles. The normalized spacial score (nSPS) is 11.2. The average molecular weight is 250 g/mol. The Morgan fingerprint density at radius 3 is 2.17 bits per heavy atom. The van der Waals surface area contributed by atoms with Crippen LogP contribution >= 0.6 is 0 Å². The first-order chi connectivity index (χ1) is 8.11. The van der Waals surface area contributed by atoms with Gasteiger partial charge in [0.05, 0.1) is 11.1 Å². The Bertz CT molecular complexity index is 495. The summed E-state index contributed by atoms with van der Waals surface area (Å²) in [6, 6.07) is 3.25. The van der Waals surface area contributed by atoms with E-state index < -0.39 is 17.5 Å². The van der Waals surface area contributed by atoms with Crippen molar-refractivity contribution in [2.24, 2.45) is 0 Å². The molecule has 1 rings (SSSR count). The van der Waals surface area contributed by atoms with E-state index in [1.54, 1.807) is 40.7 Å². The second-order valence-corrected chi connectivity index (χ2v) is 5.31. The van der Waals surface area contributed by atoms with Gasteiger partial charge < -0.3 is 9.84 Å². The largest absolute Gasteiger partial charge is 0.478 e. The highest BCUT2D eigenvalue weighted by Gasteiger charge is 2.24. The van der Waals surface area contributed by atoms with Crippen molar-refractivity contribution in [3.63, 3.8) is 0 Å². The van der Waals surface area contributed by atoms with Crippen molar-refractivity contribution < 1.29 is 19.4 Å². The van der Waals surface area contributed by atoms with Gasteiger partial charge in [-0.3, -0.25) is 0 Å². The topological polar surface area (TPSA) is 63.6 Å². The third-order valence-corrected chi connectivity index (χ3v) is 2.31. The Balaban J connectivity index is 3.31. The Kier molecular flexibility index (Phi) is 3.79. The summed E-state index contributed by atoms with van der Waals surface area (Å²) in [6.45, 7) is 8.73. The second-order valence-electron chi connectivity index (χ2n) is 5.31. The predicted molar refractivity (Wildman–Crippen MR) is 68.0 cm³/mol.